The van der Waals surface area contributed by atoms with Crippen molar-refractivity contribution >= 4 is 24.0 Å². The zero-order chi connectivity index (χ0) is 15.8. The van der Waals surface area contributed by atoms with Gasteiger partial charge in [0, 0.05) is 23.7 Å². The molecule has 0 saturated carbocycles. The normalized spacial score (nSPS) is 10.0. The lowest BCUT2D eigenvalue weighted by Gasteiger charge is -2.13. The predicted molar refractivity (Wildman–Crippen MR) is 94.8 cm³/mol. The monoisotopic (exact) mass is 357 g/mol. The molecular weight excluding hydrogens is 337 g/mol. The van der Waals surface area contributed by atoms with Crippen molar-refractivity contribution in [3.8, 4) is 11.5 Å². The van der Waals surface area contributed by atoms with E-state index < -0.39 is 0 Å². The Morgan fingerprint density at radius 2 is 1.91 bits per heavy atom. The van der Waals surface area contributed by atoms with Crippen molar-refractivity contribution in [2.45, 2.75) is 13.2 Å². The summed E-state index contributed by atoms with van der Waals surface area (Å²) in [7, 11) is 1.61. The number of methoxy groups -OCH3 is 1. The van der Waals surface area contributed by atoms with Gasteiger partial charge in [-0.25, -0.2) is 0 Å². The molecule has 2 N–H and O–H groups in total. The van der Waals surface area contributed by atoms with E-state index in [0.717, 1.165) is 11.1 Å². The molecule has 0 aliphatic heterocycles. The lowest BCUT2D eigenvalue weighted by atomic mass is 10.2. The maximum Gasteiger partial charge on any atom is 0.161 e. The van der Waals surface area contributed by atoms with Crippen molar-refractivity contribution in [2.75, 3.05) is 20.3 Å². The third-order valence-corrected chi connectivity index (χ3v) is 3.56. The third-order valence-electron chi connectivity index (χ3n) is 3.19. The molecule has 126 valence electrons. The van der Waals surface area contributed by atoms with Crippen LogP contribution in [0.25, 0.3) is 0 Å². The van der Waals surface area contributed by atoms with Crippen LogP contribution in [0.15, 0.2) is 42.5 Å². The van der Waals surface area contributed by atoms with E-state index in [0.29, 0.717) is 36.2 Å². The number of halogens is 2. The molecule has 0 radical (unpaired) electrons. The summed E-state index contributed by atoms with van der Waals surface area (Å²) in [6, 6.07) is 13.4. The molecule has 2 rings (SSSR count). The molecule has 0 bridgehead atoms. The van der Waals surface area contributed by atoms with E-state index in [1.54, 1.807) is 7.11 Å². The highest BCUT2D eigenvalue weighted by Crippen LogP contribution is 2.29. The van der Waals surface area contributed by atoms with Gasteiger partial charge in [0.05, 0.1) is 13.7 Å². The van der Waals surface area contributed by atoms with Gasteiger partial charge in [-0.2, -0.15) is 0 Å². The summed E-state index contributed by atoms with van der Waals surface area (Å²) in [6.07, 6.45) is 0. The van der Waals surface area contributed by atoms with Gasteiger partial charge >= 0.3 is 0 Å². The minimum atomic E-state index is 0. The quantitative estimate of drug-likeness (QED) is 0.710. The first-order chi connectivity index (χ1) is 10.7. The molecule has 0 heterocycles. The average Bonchev–Trinajstić information content (AvgIpc) is 2.55. The van der Waals surface area contributed by atoms with Gasteiger partial charge < -0.3 is 19.9 Å². The number of benzene rings is 2. The first-order valence-electron chi connectivity index (χ1n) is 7.09. The summed E-state index contributed by atoms with van der Waals surface area (Å²) in [5.41, 5.74) is 2.00. The molecule has 0 fully saturated rings. The largest absolute Gasteiger partial charge is 0.493 e. The molecule has 0 aliphatic rings. The highest BCUT2D eigenvalue weighted by Gasteiger charge is 2.07. The second-order valence-corrected chi connectivity index (χ2v) is 5.17. The molecule has 0 spiro atoms. The maximum absolute atomic E-state index is 8.77. The van der Waals surface area contributed by atoms with Crippen molar-refractivity contribution in [1.29, 1.82) is 0 Å². The van der Waals surface area contributed by atoms with Crippen molar-refractivity contribution in [1.82, 2.24) is 5.32 Å². The molecule has 0 saturated heterocycles. The fourth-order valence-corrected chi connectivity index (χ4v) is 2.21. The summed E-state index contributed by atoms with van der Waals surface area (Å²) in [5.74, 6) is 1.35. The second kappa shape index (κ2) is 10.3. The number of nitrogens with one attached hydrogen (secondary N) is 1. The molecule has 2 aromatic rings. The summed E-state index contributed by atoms with van der Waals surface area (Å²) < 4.78 is 11.2. The van der Waals surface area contributed by atoms with Gasteiger partial charge in [0.15, 0.2) is 11.5 Å². The molecule has 2 aromatic carbocycles. The Kier molecular flexibility index (Phi) is 8.81. The topological polar surface area (TPSA) is 50.7 Å². The van der Waals surface area contributed by atoms with Crippen LogP contribution in [0.1, 0.15) is 11.1 Å². The first-order valence-corrected chi connectivity index (χ1v) is 7.47. The SMILES string of the molecule is COc1cc(CNCCO)ccc1OCc1ccccc1Cl.Cl. The molecule has 0 aromatic heterocycles. The highest BCUT2D eigenvalue weighted by atomic mass is 35.5. The van der Waals surface area contributed by atoms with Crippen LogP contribution in [0, 0.1) is 0 Å². The van der Waals surface area contributed by atoms with E-state index in [4.69, 9.17) is 26.2 Å². The van der Waals surface area contributed by atoms with Crippen molar-refractivity contribution in [3.05, 3.63) is 58.6 Å². The molecule has 0 unspecified atom stereocenters. The van der Waals surface area contributed by atoms with E-state index in [-0.39, 0.29) is 19.0 Å². The van der Waals surface area contributed by atoms with E-state index in [9.17, 15) is 0 Å². The lowest BCUT2D eigenvalue weighted by Crippen LogP contribution is -2.17. The minimum Gasteiger partial charge on any atom is -0.493 e. The zero-order valence-corrected chi connectivity index (χ0v) is 14.5. The number of hydrogen-bond acceptors (Lipinski definition) is 4. The fourth-order valence-electron chi connectivity index (χ4n) is 2.02. The van der Waals surface area contributed by atoms with Gasteiger partial charge in [-0.15, -0.1) is 12.4 Å². The smallest absolute Gasteiger partial charge is 0.161 e. The summed E-state index contributed by atoms with van der Waals surface area (Å²) in [4.78, 5) is 0. The van der Waals surface area contributed by atoms with Gasteiger partial charge in [0.1, 0.15) is 6.61 Å². The van der Waals surface area contributed by atoms with Crippen LogP contribution in [0.2, 0.25) is 5.02 Å². The van der Waals surface area contributed by atoms with Crippen molar-refractivity contribution in [2.24, 2.45) is 0 Å². The Bertz CT molecular complexity index is 608. The molecule has 6 heteroatoms. The van der Waals surface area contributed by atoms with Gasteiger partial charge in [0.2, 0.25) is 0 Å². The summed E-state index contributed by atoms with van der Waals surface area (Å²) in [5, 5.41) is 12.6. The van der Waals surface area contributed by atoms with Crippen LogP contribution in [-0.4, -0.2) is 25.4 Å². The highest BCUT2D eigenvalue weighted by molar-refractivity contribution is 6.31. The molecule has 23 heavy (non-hydrogen) atoms. The van der Waals surface area contributed by atoms with Gasteiger partial charge in [-0.1, -0.05) is 35.9 Å². The Hall–Kier alpha value is -1.46. The van der Waals surface area contributed by atoms with Crippen LogP contribution in [0.4, 0.5) is 0 Å². The number of ether oxygens (including phenoxy) is 2. The molecule has 0 amide bonds. The molecule has 4 nitrogen and oxygen atoms in total. The van der Waals surface area contributed by atoms with E-state index in [1.807, 2.05) is 42.5 Å². The Balaban J connectivity index is 0.00000264. The fraction of sp³-hybridized carbons (Fsp3) is 0.294. The third kappa shape index (κ3) is 5.92. The number of aliphatic hydroxyl groups is 1. The molecular formula is C17H21Cl2NO3. The van der Waals surface area contributed by atoms with Gasteiger partial charge in [0.25, 0.3) is 0 Å². The first kappa shape index (κ1) is 19.6. The number of rotatable bonds is 8. The molecule has 0 aliphatic carbocycles. The van der Waals surface area contributed by atoms with Crippen LogP contribution >= 0.6 is 24.0 Å². The molecule has 0 atom stereocenters. The van der Waals surface area contributed by atoms with E-state index in [2.05, 4.69) is 5.32 Å². The maximum atomic E-state index is 8.77. The van der Waals surface area contributed by atoms with Crippen LogP contribution in [0.5, 0.6) is 11.5 Å². The Morgan fingerprint density at radius 3 is 2.61 bits per heavy atom. The van der Waals surface area contributed by atoms with Gasteiger partial charge in [-0.05, 0) is 23.8 Å². The Morgan fingerprint density at radius 1 is 1.13 bits per heavy atom. The predicted octanol–water partition coefficient (Wildman–Crippen LogP) is 3.43. The lowest BCUT2D eigenvalue weighted by molar-refractivity contribution is 0.284. The summed E-state index contributed by atoms with van der Waals surface area (Å²) >= 11 is 6.12. The van der Waals surface area contributed by atoms with E-state index >= 15 is 0 Å². The van der Waals surface area contributed by atoms with Crippen LogP contribution in [0.3, 0.4) is 0 Å². The van der Waals surface area contributed by atoms with Crippen molar-refractivity contribution in [3.63, 3.8) is 0 Å². The van der Waals surface area contributed by atoms with Crippen LogP contribution < -0.4 is 14.8 Å². The number of hydrogen-bond donors (Lipinski definition) is 2. The van der Waals surface area contributed by atoms with Crippen LogP contribution in [-0.2, 0) is 13.2 Å². The number of aliphatic hydroxyl groups excluding tert-OH is 1. The van der Waals surface area contributed by atoms with Crippen molar-refractivity contribution < 1.29 is 14.6 Å². The minimum absolute atomic E-state index is 0. The Labute approximate surface area is 147 Å². The van der Waals surface area contributed by atoms with E-state index in [1.165, 1.54) is 0 Å². The average molecular weight is 358 g/mol. The standard InChI is InChI=1S/C17H20ClNO3.ClH/c1-21-17-10-13(11-19-8-9-20)6-7-16(17)22-12-14-4-2-3-5-15(14)18;/h2-7,10,19-20H,8-9,11-12H2,1H3;1H. The second-order valence-electron chi connectivity index (χ2n) is 4.77. The zero-order valence-electron chi connectivity index (χ0n) is 12.9. The van der Waals surface area contributed by atoms with Gasteiger partial charge in [-0.3, -0.25) is 0 Å². The summed E-state index contributed by atoms with van der Waals surface area (Å²) in [6.45, 7) is 1.74.